The number of Topliss-reactive ketones (excluding diaryl/α,β-unsaturated/α-hetero) is 1. The molecule has 152 valence electrons. The van der Waals surface area contributed by atoms with E-state index in [1.54, 1.807) is 18.2 Å². The molecule has 1 aromatic rings. The van der Waals surface area contributed by atoms with Crippen molar-refractivity contribution in [3.8, 4) is 0 Å². The van der Waals surface area contributed by atoms with Crippen LogP contribution in [0.4, 0.5) is 0 Å². The Bertz CT molecular complexity index is 777. The summed E-state index contributed by atoms with van der Waals surface area (Å²) in [5, 5.41) is 11.6. The van der Waals surface area contributed by atoms with Gasteiger partial charge in [-0.1, -0.05) is 29.3 Å². The first-order valence-corrected chi connectivity index (χ1v) is 10.6. The molecule has 1 aromatic carbocycles. The van der Waals surface area contributed by atoms with Gasteiger partial charge < -0.3 is 19.6 Å². The van der Waals surface area contributed by atoms with Gasteiger partial charge in [0.15, 0.2) is 5.78 Å². The summed E-state index contributed by atoms with van der Waals surface area (Å²) >= 11 is 12.3. The van der Waals surface area contributed by atoms with Gasteiger partial charge in [-0.15, -0.1) is 0 Å². The number of halogens is 2. The number of allylic oxidation sites excluding steroid dienone is 1. The largest absolute Gasteiger partial charge is 0.496 e. The van der Waals surface area contributed by atoms with Crippen LogP contribution in [0.2, 0.25) is 10.0 Å². The highest BCUT2D eigenvalue weighted by Gasteiger charge is 2.47. The minimum Gasteiger partial charge on any atom is -0.496 e. The Balaban J connectivity index is 1.54. The Morgan fingerprint density at radius 2 is 1.93 bits per heavy atom. The van der Waals surface area contributed by atoms with Crippen LogP contribution in [0.15, 0.2) is 24.5 Å². The first-order valence-electron chi connectivity index (χ1n) is 9.88. The lowest BCUT2D eigenvalue weighted by atomic mass is 9.72. The van der Waals surface area contributed by atoms with Gasteiger partial charge in [0, 0.05) is 49.2 Å². The molecule has 4 rings (SSSR count). The van der Waals surface area contributed by atoms with E-state index in [0.29, 0.717) is 34.0 Å². The maximum Gasteiger partial charge on any atom is 0.173 e. The highest BCUT2D eigenvalue weighted by atomic mass is 35.5. The van der Waals surface area contributed by atoms with Crippen molar-refractivity contribution in [2.45, 2.75) is 25.0 Å². The number of piperazine rings is 1. The van der Waals surface area contributed by atoms with Crippen molar-refractivity contribution in [2.24, 2.45) is 11.8 Å². The van der Waals surface area contributed by atoms with Crippen LogP contribution in [0.3, 0.4) is 0 Å². The Hall–Kier alpha value is -1.11. The van der Waals surface area contributed by atoms with Gasteiger partial charge >= 0.3 is 0 Å². The molecule has 28 heavy (non-hydrogen) atoms. The van der Waals surface area contributed by atoms with Gasteiger partial charge in [0.2, 0.25) is 0 Å². The Morgan fingerprint density at radius 1 is 1.18 bits per heavy atom. The van der Waals surface area contributed by atoms with Crippen molar-refractivity contribution in [2.75, 3.05) is 39.8 Å². The zero-order valence-electron chi connectivity index (χ0n) is 16.0. The number of fused-ring (bicyclic) bond motifs is 1. The summed E-state index contributed by atoms with van der Waals surface area (Å²) in [6, 6.07) is 5.13. The van der Waals surface area contributed by atoms with E-state index in [2.05, 4.69) is 16.8 Å². The Morgan fingerprint density at radius 3 is 2.64 bits per heavy atom. The maximum absolute atomic E-state index is 13.2. The number of hydrogen-bond acceptors (Lipinski definition) is 5. The summed E-state index contributed by atoms with van der Waals surface area (Å²) in [5.74, 6) is -0.257. The van der Waals surface area contributed by atoms with E-state index in [1.165, 1.54) is 6.26 Å². The van der Waals surface area contributed by atoms with Crippen LogP contribution in [-0.2, 0) is 9.53 Å². The van der Waals surface area contributed by atoms with Crippen LogP contribution >= 0.6 is 23.2 Å². The van der Waals surface area contributed by atoms with Crippen LogP contribution in [0.1, 0.15) is 18.4 Å². The van der Waals surface area contributed by atoms with Gasteiger partial charge in [0.05, 0.1) is 28.9 Å². The van der Waals surface area contributed by atoms with Crippen LogP contribution in [0.25, 0.3) is 5.57 Å². The monoisotopic (exact) mass is 424 g/mol. The third-order valence-corrected chi connectivity index (χ3v) is 6.87. The minimum absolute atomic E-state index is 0.0516. The summed E-state index contributed by atoms with van der Waals surface area (Å²) < 4.78 is 6.08. The number of rotatable bonds is 3. The topological polar surface area (TPSA) is 53.0 Å². The smallest absolute Gasteiger partial charge is 0.173 e. The summed E-state index contributed by atoms with van der Waals surface area (Å²) in [4.78, 5) is 17.9. The average molecular weight is 425 g/mol. The normalized spacial score (nSPS) is 31.9. The predicted octanol–water partition coefficient (Wildman–Crippen LogP) is 2.94. The number of aliphatic hydroxyl groups excluding tert-OH is 1. The molecule has 1 saturated heterocycles. The molecule has 0 amide bonds. The number of carbonyl (C=O) groups is 1. The standard InChI is InChI=1S/C21H26Cl2N2O3/c1-24-6-8-25(9-7-24)11-16-19(26)5-4-15-20(27)17(12-28-21(15)16)14-3-2-13(22)10-18(14)23/h2-3,10,12,15-16,19,21,26H,4-9,11H2,1H3. The number of benzene rings is 1. The fourth-order valence-electron chi connectivity index (χ4n) is 4.58. The molecular formula is C21H26Cl2N2O3. The second-order valence-corrected chi connectivity index (χ2v) is 8.98. The van der Waals surface area contributed by atoms with Gasteiger partial charge in [-0.3, -0.25) is 4.79 Å². The molecule has 2 fully saturated rings. The molecule has 0 spiro atoms. The Labute approximate surface area is 175 Å². The lowest BCUT2D eigenvalue weighted by Gasteiger charge is -2.44. The first kappa shape index (κ1) is 20.2. The van der Waals surface area contributed by atoms with Crippen molar-refractivity contribution >= 4 is 34.6 Å². The molecule has 2 aliphatic heterocycles. The van der Waals surface area contributed by atoms with E-state index in [4.69, 9.17) is 27.9 Å². The SMILES string of the molecule is CN1CCN(CC2C(O)CCC3C(=O)C(c4ccc(Cl)cc4Cl)=COC32)CC1. The van der Waals surface area contributed by atoms with Crippen LogP contribution in [0, 0.1) is 11.8 Å². The maximum atomic E-state index is 13.2. The number of hydrogen-bond donors (Lipinski definition) is 1. The second-order valence-electron chi connectivity index (χ2n) is 8.14. The summed E-state index contributed by atoms with van der Waals surface area (Å²) in [6.07, 6.45) is 2.06. The molecule has 0 aromatic heterocycles. The molecule has 3 aliphatic rings. The van der Waals surface area contributed by atoms with Crippen molar-refractivity contribution < 1.29 is 14.6 Å². The number of ether oxygens (including phenoxy) is 1. The third kappa shape index (κ3) is 3.96. The van der Waals surface area contributed by atoms with Crippen molar-refractivity contribution in [3.63, 3.8) is 0 Å². The van der Waals surface area contributed by atoms with Gasteiger partial charge in [-0.05, 0) is 32.0 Å². The van der Waals surface area contributed by atoms with Crippen LogP contribution in [-0.4, -0.2) is 72.7 Å². The highest BCUT2D eigenvalue weighted by molar-refractivity contribution is 6.37. The average Bonchev–Trinajstić information content (AvgIpc) is 2.67. The van der Waals surface area contributed by atoms with Crippen LogP contribution < -0.4 is 0 Å². The third-order valence-electron chi connectivity index (χ3n) is 6.32. The molecule has 1 N–H and O–H groups in total. The molecule has 4 unspecified atom stereocenters. The van der Waals surface area contributed by atoms with Gasteiger partial charge in [-0.25, -0.2) is 0 Å². The van der Waals surface area contributed by atoms with Gasteiger partial charge in [0.1, 0.15) is 6.10 Å². The highest BCUT2D eigenvalue weighted by Crippen LogP contribution is 2.41. The summed E-state index contributed by atoms with van der Waals surface area (Å²) in [6.45, 7) is 4.76. The predicted molar refractivity (Wildman–Crippen MR) is 110 cm³/mol. The molecule has 5 nitrogen and oxygen atoms in total. The second kappa shape index (κ2) is 8.33. The fourth-order valence-corrected chi connectivity index (χ4v) is 5.10. The van der Waals surface area contributed by atoms with E-state index in [1.807, 2.05) is 0 Å². The molecule has 2 heterocycles. The van der Waals surface area contributed by atoms with E-state index in [9.17, 15) is 9.90 Å². The van der Waals surface area contributed by atoms with Crippen molar-refractivity contribution in [3.05, 3.63) is 40.1 Å². The zero-order valence-corrected chi connectivity index (χ0v) is 17.5. The fraction of sp³-hybridized carbons (Fsp3) is 0.571. The molecule has 1 saturated carbocycles. The summed E-state index contributed by atoms with van der Waals surface area (Å²) in [5.41, 5.74) is 1.15. The molecule has 0 bridgehead atoms. The van der Waals surface area contributed by atoms with Gasteiger partial charge in [0.25, 0.3) is 0 Å². The van der Waals surface area contributed by atoms with E-state index in [0.717, 1.165) is 32.7 Å². The van der Waals surface area contributed by atoms with Gasteiger partial charge in [-0.2, -0.15) is 0 Å². The molecular weight excluding hydrogens is 399 g/mol. The Kier molecular flexibility index (Phi) is 6.00. The van der Waals surface area contributed by atoms with E-state index >= 15 is 0 Å². The molecule has 7 heteroatoms. The quantitative estimate of drug-likeness (QED) is 0.807. The van der Waals surface area contributed by atoms with E-state index < -0.39 is 6.10 Å². The molecule has 4 atom stereocenters. The first-order chi connectivity index (χ1) is 13.4. The number of likely N-dealkylation sites (N-methyl/N-ethyl adjacent to an activating group) is 1. The van der Waals surface area contributed by atoms with Crippen molar-refractivity contribution in [1.29, 1.82) is 0 Å². The lowest BCUT2D eigenvalue weighted by Crippen LogP contribution is -2.54. The minimum atomic E-state index is -0.442. The zero-order chi connectivity index (χ0) is 19.8. The molecule has 1 aliphatic carbocycles. The number of nitrogens with zero attached hydrogens (tertiary/aromatic N) is 2. The molecule has 0 radical (unpaired) electrons. The summed E-state index contributed by atoms with van der Waals surface area (Å²) in [7, 11) is 2.12. The number of carbonyl (C=O) groups excluding carboxylic acids is 1. The van der Waals surface area contributed by atoms with Crippen LogP contribution in [0.5, 0.6) is 0 Å². The van der Waals surface area contributed by atoms with E-state index in [-0.39, 0.29) is 23.7 Å². The number of aliphatic hydroxyl groups is 1. The van der Waals surface area contributed by atoms with Crippen molar-refractivity contribution in [1.82, 2.24) is 9.80 Å². The number of ketones is 1. The lowest BCUT2D eigenvalue weighted by molar-refractivity contribution is -0.133.